The number of hydrazine groups is 1. The number of carbonyl (C=O) groups excluding carboxylic acids is 1. The number of aliphatic imine (C=N–C) groups is 1. The van der Waals surface area contributed by atoms with Gasteiger partial charge in [-0.25, -0.2) is 15.6 Å². The Bertz CT molecular complexity index is 179. The maximum absolute atomic E-state index is 10.8. The third kappa shape index (κ3) is 3.00. The van der Waals surface area contributed by atoms with Gasteiger partial charge in [-0.05, 0) is 25.7 Å². The van der Waals surface area contributed by atoms with E-state index in [2.05, 4.69) is 4.99 Å². The molecule has 1 aliphatic rings. The van der Waals surface area contributed by atoms with Crippen LogP contribution in [0.25, 0.3) is 0 Å². The fraction of sp³-hybridized carbons (Fsp3) is 0.750. The minimum Gasteiger partial charge on any atom is -0.274 e. The highest BCUT2D eigenvalue weighted by atomic mass is 16.2. The number of amides is 2. The Kier molecular flexibility index (Phi) is 3.73. The van der Waals surface area contributed by atoms with E-state index < -0.39 is 6.03 Å². The third-order valence-corrected chi connectivity index (χ3v) is 2.06. The molecular formula is C8H15N3O. The molecule has 0 saturated heterocycles. The molecule has 0 bridgehead atoms. The first-order valence-electron chi connectivity index (χ1n) is 4.40. The summed E-state index contributed by atoms with van der Waals surface area (Å²) in [4.78, 5) is 14.6. The van der Waals surface area contributed by atoms with Crippen molar-refractivity contribution in [2.45, 2.75) is 38.5 Å². The van der Waals surface area contributed by atoms with Crippen LogP contribution in [0.1, 0.15) is 38.5 Å². The molecule has 0 aromatic heterocycles. The maximum atomic E-state index is 10.8. The van der Waals surface area contributed by atoms with Gasteiger partial charge in [-0.2, -0.15) is 0 Å². The van der Waals surface area contributed by atoms with E-state index >= 15 is 0 Å². The van der Waals surface area contributed by atoms with Gasteiger partial charge in [0.2, 0.25) is 0 Å². The molecule has 0 aromatic rings. The van der Waals surface area contributed by atoms with Gasteiger partial charge >= 0.3 is 6.03 Å². The lowest BCUT2D eigenvalue weighted by molar-refractivity contribution is 0.249. The highest BCUT2D eigenvalue weighted by Gasteiger charge is 2.06. The van der Waals surface area contributed by atoms with Crippen LogP contribution in [0, 0.1) is 0 Å². The standard InChI is InChI=1S/C8H15N3O/c9-11-8(12)10-7-5-3-1-2-4-6-7/h1-6,9H2,(H,11,12). The van der Waals surface area contributed by atoms with Gasteiger partial charge < -0.3 is 0 Å². The van der Waals surface area contributed by atoms with Crippen molar-refractivity contribution in [1.82, 2.24) is 5.43 Å². The number of nitrogens with two attached hydrogens (primary N) is 1. The van der Waals surface area contributed by atoms with Crippen LogP contribution in [0.2, 0.25) is 0 Å². The molecule has 1 fully saturated rings. The molecule has 0 atom stereocenters. The van der Waals surface area contributed by atoms with Crippen LogP contribution < -0.4 is 11.3 Å². The van der Waals surface area contributed by atoms with Crippen molar-refractivity contribution in [2.75, 3.05) is 0 Å². The number of rotatable bonds is 0. The van der Waals surface area contributed by atoms with Crippen LogP contribution in [-0.4, -0.2) is 11.7 Å². The van der Waals surface area contributed by atoms with E-state index in [-0.39, 0.29) is 0 Å². The lowest BCUT2D eigenvalue weighted by Gasteiger charge is -1.99. The molecule has 4 nitrogen and oxygen atoms in total. The Morgan fingerprint density at radius 2 is 1.83 bits per heavy atom. The summed E-state index contributed by atoms with van der Waals surface area (Å²) >= 11 is 0. The van der Waals surface area contributed by atoms with Gasteiger partial charge in [0.25, 0.3) is 0 Å². The van der Waals surface area contributed by atoms with E-state index in [9.17, 15) is 4.79 Å². The Morgan fingerprint density at radius 1 is 1.25 bits per heavy atom. The topological polar surface area (TPSA) is 67.5 Å². The molecular weight excluding hydrogens is 154 g/mol. The molecule has 1 rings (SSSR count). The normalized spacial score (nSPS) is 18.2. The highest BCUT2D eigenvalue weighted by molar-refractivity contribution is 5.94. The van der Waals surface area contributed by atoms with E-state index in [1.165, 1.54) is 12.8 Å². The minimum atomic E-state index is -0.424. The average molecular weight is 169 g/mol. The number of hydrogen-bond donors (Lipinski definition) is 2. The fourth-order valence-corrected chi connectivity index (χ4v) is 1.42. The Morgan fingerprint density at radius 3 is 2.33 bits per heavy atom. The lowest BCUT2D eigenvalue weighted by atomic mass is 10.2. The second-order valence-electron chi connectivity index (χ2n) is 3.04. The molecule has 0 aliphatic heterocycles. The first-order chi connectivity index (χ1) is 5.83. The SMILES string of the molecule is NNC(=O)N=C1CCCCCC1. The minimum absolute atomic E-state index is 0.424. The monoisotopic (exact) mass is 169 g/mol. The first-order valence-corrected chi connectivity index (χ1v) is 4.40. The molecule has 12 heavy (non-hydrogen) atoms. The van der Waals surface area contributed by atoms with Crippen LogP contribution in [0.3, 0.4) is 0 Å². The van der Waals surface area contributed by atoms with Crippen molar-refractivity contribution >= 4 is 11.7 Å². The van der Waals surface area contributed by atoms with Crippen LogP contribution in [0.4, 0.5) is 4.79 Å². The molecule has 0 radical (unpaired) electrons. The van der Waals surface area contributed by atoms with Gasteiger partial charge in [0.15, 0.2) is 0 Å². The van der Waals surface area contributed by atoms with E-state index in [4.69, 9.17) is 5.84 Å². The molecule has 0 spiro atoms. The zero-order valence-corrected chi connectivity index (χ0v) is 7.18. The van der Waals surface area contributed by atoms with Gasteiger partial charge in [-0.3, -0.25) is 5.43 Å². The number of nitrogens with one attached hydrogen (secondary N) is 1. The van der Waals surface area contributed by atoms with Crippen molar-refractivity contribution in [3.05, 3.63) is 0 Å². The van der Waals surface area contributed by atoms with Crippen molar-refractivity contribution in [3.8, 4) is 0 Å². The summed E-state index contributed by atoms with van der Waals surface area (Å²) in [5.41, 5.74) is 3.00. The summed E-state index contributed by atoms with van der Waals surface area (Å²) in [5.74, 6) is 4.92. The summed E-state index contributed by atoms with van der Waals surface area (Å²) in [6, 6.07) is -0.424. The summed E-state index contributed by atoms with van der Waals surface area (Å²) in [7, 11) is 0. The third-order valence-electron chi connectivity index (χ3n) is 2.06. The molecule has 2 amide bonds. The van der Waals surface area contributed by atoms with E-state index in [1.54, 1.807) is 0 Å². The largest absolute Gasteiger partial charge is 0.354 e. The number of hydrogen-bond acceptors (Lipinski definition) is 2. The summed E-state index contributed by atoms with van der Waals surface area (Å²) in [5, 5.41) is 0. The molecule has 4 heteroatoms. The van der Waals surface area contributed by atoms with Crippen LogP contribution in [-0.2, 0) is 0 Å². The van der Waals surface area contributed by atoms with Crippen molar-refractivity contribution in [3.63, 3.8) is 0 Å². The molecule has 3 N–H and O–H groups in total. The summed E-state index contributed by atoms with van der Waals surface area (Å²) in [6.45, 7) is 0. The lowest BCUT2D eigenvalue weighted by Crippen LogP contribution is -2.27. The van der Waals surface area contributed by atoms with E-state index in [0.29, 0.717) is 0 Å². The molecule has 68 valence electrons. The van der Waals surface area contributed by atoms with E-state index in [0.717, 1.165) is 31.4 Å². The quantitative estimate of drug-likeness (QED) is 0.249. The fourth-order valence-electron chi connectivity index (χ4n) is 1.42. The number of nitrogens with zero attached hydrogens (tertiary/aromatic N) is 1. The zero-order valence-electron chi connectivity index (χ0n) is 7.18. The highest BCUT2D eigenvalue weighted by Crippen LogP contribution is 2.14. The predicted octanol–water partition coefficient (Wildman–Crippen LogP) is 1.36. The Hall–Kier alpha value is -0.900. The first kappa shape index (κ1) is 9.19. The van der Waals surface area contributed by atoms with E-state index in [1.807, 2.05) is 5.43 Å². The van der Waals surface area contributed by atoms with Gasteiger partial charge in [-0.15, -0.1) is 0 Å². The second kappa shape index (κ2) is 4.87. The molecule has 0 heterocycles. The Labute approximate surface area is 72.2 Å². The van der Waals surface area contributed by atoms with Crippen molar-refractivity contribution in [1.29, 1.82) is 0 Å². The summed E-state index contributed by atoms with van der Waals surface area (Å²) < 4.78 is 0. The van der Waals surface area contributed by atoms with Crippen LogP contribution in [0.5, 0.6) is 0 Å². The zero-order chi connectivity index (χ0) is 8.81. The van der Waals surface area contributed by atoms with Crippen LogP contribution >= 0.6 is 0 Å². The molecule has 0 unspecified atom stereocenters. The molecule has 1 aliphatic carbocycles. The average Bonchev–Trinajstić information content (AvgIpc) is 2.33. The van der Waals surface area contributed by atoms with Gasteiger partial charge in [-0.1, -0.05) is 12.8 Å². The second-order valence-corrected chi connectivity index (χ2v) is 3.04. The number of carbonyl (C=O) groups is 1. The van der Waals surface area contributed by atoms with Gasteiger partial charge in [0, 0.05) is 5.71 Å². The predicted molar refractivity (Wildman–Crippen MR) is 47.9 cm³/mol. The molecule has 1 saturated carbocycles. The summed E-state index contributed by atoms with van der Waals surface area (Å²) in [6.07, 6.45) is 6.71. The van der Waals surface area contributed by atoms with Crippen molar-refractivity contribution < 1.29 is 4.79 Å². The molecule has 0 aromatic carbocycles. The maximum Gasteiger partial charge on any atom is 0.354 e. The van der Waals surface area contributed by atoms with Gasteiger partial charge in [0.1, 0.15) is 0 Å². The van der Waals surface area contributed by atoms with Gasteiger partial charge in [0.05, 0.1) is 0 Å². The number of urea groups is 1. The van der Waals surface area contributed by atoms with Crippen molar-refractivity contribution in [2.24, 2.45) is 10.8 Å². The smallest absolute Gasteiger partial charge is 0.274 e. The van der Waals surface area contributed by atoms with Crippen LogP contribution in [0.15, 0.2) is 4.99 Å². The Balaban J connectivity index is 2.47.